The zero-order chi connectivity index (χ0) is 23.3. The van der Waals surface area contributed by atoms with E-state index in [0.717, 1.165) is 6.07 Å². The van der Waals surface area contributed by atoms with Crippen molar-refractivity contribution < 1.29 is 22.9 Å². The van der Waals surface area contributed by atoms with E-state index in [2.05, 4.69) is 0 Å². The molecule has 9 nitrogen and oxygen atoms in total. The molecular formula is C22H27N3O6S. The minimum absolute atomic E-state index is 0.155. The van der Waals surface area contributed by atoms with Crippen LogP contribution in [0.5, 0.6) is 0 Å². The molecule has 0 bridgehead atoms. The van der Waals surface area contributed by atoms with E-state index in [1.54, 1.807) is 49.1 Å². The smallest absolute Gasteiger partial charge is 0.310 e. The van der Waals surface area contributed by atoms with Gasteiger partial charge in [0, 0.05) is 25.7 Å². The Hall–Kier alpha value is -3.14. The molecule has 0 saturated carbocycles. The number of sulfonamides is 1. The molecule has 32 heavy (non-hydrogen) atoms. The van der Waals surface area contributed by atoms with Crippen LogP contribution in [0.4, 0.5) is 17.1 Å². The van der Waals surface area contributed by atoms with Gasteiger partial charge < -0.3 is 9.64 Å². The van der Waals surface area contributed by atoms with Gasteiger partial charge in [0.25, 0.3) is 15.7 Å². The molecule has 1 aliphatic heterocycles. The highest BCUT2D eigenvalue weighted by Gasteiger charge is 2.32. The molecule has 2 aromatic rings. The molecule has 2 aromatic carbocycles. The normalized spacial score (nSPS) is 16.4. The predicted octanol–water partition coefficient (Wildman–Crippen LogP) is 3.59. The van der Waals surface area contributed by atoms with Crippen LogP contribution >= 0.6 is 0 Å². The summed E-state index contributed by atoms with van der Waals surface area (Å²) in [4.78, 5) is 25.0. The average molecular weight is 462 g/mol. The summed E-state index contributed by atoms with van der Waals surface area (Å²) in [5.74, 6) is -0.694. The molecule has 3 rings (SSSR count). The molecule has 0 amide bonds. The van der Waals surface area contributed by atoms with Gasteiger partial charge in [0.2, 0.25) is 0 Å². The Morgan fingerprint density at radius 3 is 2.56 bits per heavy atom. The second-order valence-electron chi connectivity index (χ2n) is 7.45. The van der Waals surface area contributed by atoms with Crippen LogP contribution in [0.2, 0.25) is 0 Å². The van der Waals surface area contributed by atoms with Crippen molar-refractivity contribution in [2.24, 2.45) is 5.92 Å². The van der Waals surface area contributed by atoms with E-state index in [1.165, 1.54) is 16.4 Å². The zero-order valence-corrected chi connectivity index (χ0v) is 19.0. The Morgan fingerprint density at radius 2 is 1.94 bits per heavy atom. The summed E-state index contributed by atoms with van der Waals surface area (Å²) in [7, 11) is -4.00. The summed E-state index contributed by atoms with van der Waals surface area (Å²) in [5.41, 5.74) is 0.473. The van der Waals surface area contributed by atoms with Crippen molar-refractivity contribution in [2.45, 2.75) is 31.6 Å². The summed E-state index contributed by atoms with van der Waals surface area (Å²) >= 11 is 0. The third-order valence-corrected chi connectivity index (χ3v) is 7.34. The molecule has 1 aliphatic rings. The quantitative estimate of drug-likeness (QED) is 0.336. The Balaban J connectivity index is 1.96. The lowest BCUT2D eigenvalue weighted by Gasteiger charge is -2.33. The SMILES string of the molecule is CCOC(=O)C1CCCN(c2ccc(S(=O)(=O)N(CC)c3ccccc3)cc2[N+](=O)[O-])C1. The van der Waals surface area contributed by atoms with Crippen LogP contribution in [-0.4, -0.2) is 45.6 Å². The van der Waals surface area contributed by atoms with Crippen molar-refractivity contribution in [2.75, 3.05) is 35.4 Å². The highest BCUT2D eigenvalue weighted by Crippen LogP contribution is 2.35. The van der Waals surface area contributed by atoms with Gasteiger partial charge in [0.1, 0.15) is 5.69 Å². The Kier molecular flexibility index (Phi) is 7.34. The lowest BCUT2D eigenvalue weighted by Crippen LogP contribution is -2.39. The highest BCUT2D eigenvalue weighted by atomic mass is 32.2. The highest BCUT2D eigenvalue weighted by molar-refractivity contribution is 7.92. The number of carbonyl (C=O) groups excluding carboxylic acids is 1. The second kappa shape index (κ2) is 9.99. The number of nitrogens with zero attached hydrogens (tertiary/aromatic N) is 3. The fraction of sp³-hybridized carbons (Fsp3) is 0.409. The molecule has 0 radical (unpaired) electrons. The molecular weight excluding hydrogens is 434 g/mol. The topological polar surface area (TPSA) is 110 Å². The van der Waals surface area contributed by atoms with Crippen LogP contribution in [0.15, 0.2) is 53.4 Å². The number of piperidine rings is 1. The summed E-state index contributed by atoms with van der Waals surface area (Å²) in [6.45, 7) is 4.71. The minimum atomic E-state index is -4.00. The van der Waals surface area contributed by atoms with E-state index < -0.39 is 14.9 Å². The number of ether oxygens (including phenoxy) is 1. The largest absolute Gasteiger partial charge is 0.466 e. The third-order valence-electron chi connectivity index (χ3n) is 5.44. The molecule has 1 atom stereocenters. The van der Waals surface area contributed by atoms with Gasteiger partial charge in [-0.05, 0) is 51.0 Å². The molecule has 1 fully saturated rings. The van der Waals surface area contributed by atoms with Gasteiger partial charge in [-0.15, -0.1) is 0 Å². The summed E-state index contributed by atoms with van der Waals surface area (Å²) in [6, 6.07) is 12.5. The van der Waals surface area contributed by atoms with Crippen molar-refractivity contribution in [3.63, 3.8) is 0 Å². The number of benzene rings is 2. The fourth-order valence-electron chi connectivity index (χ4n) is 3.94. The summed E-state index contributed by atoms with van der Waals surface area (Å²) in [5, 5.41) is 11.8. The van der Waals surface area contributed by atoms with Crippen LogP contribution < -0.4 is 9.21 Å². The Labute approximate surface area is 187 Å². The average Bonchev–Trinajstić information content (AvgIpc) is 2.80. The van der Waals surface area contributed by atoms with Crippen LogP contribution in [0.1, 0.15) is 26.7 Å². The molecule has 0 N–H and O–H groups in total. The lowest BCUT2D eigenvalue weighted by molar-refractivity contribution is -0.384. The molecule has 172 valence electrons. The third kappa shape index (κ3) is 4.85. The maximum atomic E-state index is 13.3. The van der Waals surface area contributed by atoms with Crippen LogP contribution in [0, 0.1) is 16.0 Å². The number of para-hydroxylation sites is 1. The zero-order valence-electron chi connectivity index (χ0n) is 18.1. The van der Waals surface area contributed by atoms with Gasteiger partial charge >= 0.3 is 5.97 Å². The van der Waals surface area contributed by atoms with E-state index in [9.17, 15) is 23.3 Å². The minimum Gasteiger partial charge on any atom is -0.466 e. The second-order valence-corrected chi connectivity index (χ2v) is 9.31. The molecule has 0 aliphatic carbocycles. The molecule has 1 saturated heterocycles. The summed E-state index contributed by atoms with van der Waals surface area (Å²) in [6.07, 6.45) is 1.33. The van der Waals surface area contributed by atoms with Gasteiger partial charge in [-0.2, -0.15) is 0 Å². The van der Waals surface area contributed by atoms with Crippen LogP contribution in [0.3, 0.4) is 0 Å². The Morgan fingerprint density at radius 1 is 1.22 bits per heavy atom. The first kappa shape index (κ1) is 23.5. The number of nitro groups is 1. The van der Waals surface area contributed by atoms with Crippen molar-refractivity contribution in [3.8, 4) is 0 Å². The van der Waals surface area contributed by atoms with Crippen molar-refractivity contribution in [1.82, 2.24) is 0 Å². The fourth-order valence-corrected chi connectivity index (χ4v) is 5.43. The van der Waals surface area contributed by atoms with E-state index in [-0.39, 0.29) is 42.2 Å². The number of nitro benzene ring substituents is 1. The number of anilines is 2. The lowest BCUT2D eigenvalue weighted by atomic mass is 9.97. The van der Waals surface area contributed by atoms with Gasteiger partial charge in [-0.25, -0.2) is 8.42 Å². The van der Waals surface area contributed by atoms with Crippen molar-refractivity contribution in [3.05, 3.63) is 58.6 Å². The number of rotatable bonds is 8. The van der Waals surface area contributed by atoms with Gasteiger partial charge in [-0.3, -0.25) is 19.2 Å². The molecule has 1 heterocycles. The van der Waals surface area contributed by atoms with Gasteiger partial charge in [0.15, 0.2) is 0 Å². The standard InChI is InChI=1S/C22H27N3O6S/c1-3-24(18-10-6-5-7-11-18)32(29,30)19-12-13-20(21(15-19)25(27)28)23-14-8-9-17(16-23)22(26)31-4-2/h5-7,10-13,15,17H,3-4,8-9,14,16H2,1-2H3. The number of hydrogen-bond donors (Lipinski definition) is 0. The summed E-state index contributed by atoms with van der Waals surface area (Å²) < 4.78 is 32.9. The van der Waals surface area contributed by atoms with Crippen LogP contribution in [0.25, 0.3) is 0 Å². The number of carbonyl (C=O) groups is 1. The first-order chi connectivity index (χ1) is 15.3. The van der Waals surface area contributed by atoms with E-state index in [0.29, 0.717) is 30.8 Å². The van der Waals surface area contributed by atoms with E-state index >= 15 is 0 Å². The molecule has 10 heteroatoms. The first-order valence-electron chi connectivity index (χ1n) is 10.6. The molecule has 0 aromatic heterocycles. The van der Waals surface area contributed by atoms with Gasteiger partial charge in [0.05, 0.1) is 28.0 Å². The van der Waals surface area contributed by atoms with Crippen molar-refractivity contribution in [1.29, 1.82) is 0 Å². The number of esters is 1. The number of hydrogen-bond acceptors (Lipinski definition) is 7. The Bertz CT molecular complexity index is 1070. The monoisotopic (exact) mass is 461 g/mol. The maximum Gasteiger partial charge on any atom is 0.310 e. The molecule has 0 spiro atoms. The van der Waals surface area contributed by atoms with Crippen LogP contribution in [-0.2, 0) is 19.6 Å². The van der Waals surface area contributed by atoms with E-state index in [4.69, 9.17) is 4.74 Å². The predicted molar refractivity (Wildman–Crippen MR) is 121 cm³/mol. The maximum absolute atomic E-state index is 13.3. The van der Waals surface area contributed by atoms with Gasteiger partial charge in [-0.1, -0.05) is 18.2 Å². The first-order valence-corrected chi connectivity index (χ1v) is 12.0. The van der Waals surface area contributed by atoms with E-state index in [1.807, 2.05) is 0 Å². The van der Waals surface area contributed by atoms with Crippen molar-refractivity contribution >= 4 is 33.1 Å². The molecule has 1 unspecified atom stereocenters.